The van der Waals surface area contributed by atoms with Gasteiger partial charge in [-0.2, -0.15) is 0 Å². The molecule has 14 heavy (non-hydrogen) atoms. The Bertz CT molecular complexity index is 320. The summed E-state index contributed by atoms with van der Waals surface area (Å²) in [6.07, 6.45) is -0.704. The van der Waals surface area contributed by atoms with Crippen molar-refractivity contribution in [2.24, 2.45) is 0 Å². The Morgan fingerprint density at radius 2 is 2.14 bits per heavy atom. The second-order valence-electron chi connectivity index (χ2n) is 2.96. The molecule has 0 unspecified atom stereocenters. The molecular weight excluding hydrogens is 184 g/mol. The summed E-state index contributed by atoms with van der Waals surface area (Å²) in [4.78, 5) is 11.3. The summed E-state index contributed by atoms with van der Waals surface area (Å²) in [6.45, 7) is 1.44. The summed E-state index contributed by atoms with van der Waals surface area (Å²) in [5.74, 6) is -0.757. The molecule has 0 aliphatic rings. The summed E-state index contributed by atoms with van der Waals surface area (Å²) >= 11 is 0. The first-order chi connectivity index (χ1) is 6.61. The Labute approximate surface area is 81.8 Å². The fraction of sp³-hybridized carbons (Fsp3) is 0.300. The molecule has 2 N–H and O–H groups in total. The Balaban J connectivity index is 2.65. The maximum Gasteiger partial charge on any atom is 0.342 e. The van der Waals surface area contributed by atoms with Crippen molar-refractivity contribution in [1.29, 1.82) is 0 Å². The van der Waals surface area contributed by atoms with Gasteiger partial charge in [0.25, 0.3) is 0 Å². The average Bonchev–Trinajstić information content (AvgIpc) is 2.15. The van der Waals surface area contributed by atoms with E-state index in [1.54, 1.807) is 12.1 Å². The van der Waals surface area contributed by atoms with Crippen molar-refractivity contribution in [1.82, 2.24) is 0 Å². The zero-order chi connectivity index (χ0) is 10.6. The molecule has 1 aromatic rings. The molecule has 4 nitrogen and oxygen atoms in total. The number of benzene rings is 1. The number of esters is 1. The van der Waals surface area contributed by atoms with Gasteiger partial charge in [-0.05, 0) is 19.1 Å². The highest BCUT2D eigenvalue weighted by molar-refractivity contribution is 5.92. The predicted octanol–water partition coefficient (Wildman–Crippen LogP) is 0.930. The molecule has 0 bridgehead atoms. The fourth-order valence-electron chi connectivity index (χ4n) is 0.920. The van der Waals surface area contributed by atoms with Crippen LogP contribution in [0.1, 0.15) is 17.3 Å². The first kappa shape index (κ1) is 10.5. The third-order valence-electron chi connectivity index (χ3n) is 1.58. The summed E-state index contributed by atoms with van der Waals surface area (Å²) in [7, 11) is 0. The van der Waals surface area contributed by atoms with Crippen LogP contribution in [0.5, 0.6) is 5.75 Å². The molecule has 0 heterocycles. The highest BCUT2D eigenvalue weighted by Gasteiger charge is 2.11. The number of phenolic OH excluding ortho intramolecular Hbond substituents is 1. The van der Waals surface area contributed by atoms with E-state index in [-0.39, 0.29) is 17.9 Å². The SMILES string of the molecule is C[C@@H](O)COC(=O)c1ccccc1O. The zero-order valence-electron chi connectivity index (χ0n) is 7.80. The summed E-state index contributed by atoms with van der Waals surface area (Å²) < 4.78 is 4.72. The van der Waals surface area contributed by atoms with Crippen molar-refractivity contribution in [3.05, 3.63) is 29.8 Å². The number of carbonyl (C=O) groups excluding carboxylic acids is 1. The first-order valence-electron chi connectivity index (χ1n) is 4.24. The van der Waals surface area contributed by atoms with Gasteiger partial charge < -0.3 is 14.9 Å². The van der Waals surface area contributed by atoms with Crippen molar-refractivity contribution in [2.75, 3.05) is 6.61 Å². The molecule has 1 atom stereocenters. The zero-order valence-corrected chi connectivity index (χ0v) is 7.80. The molecule has 0 aliphatic heterocycles. The second kappa shape index (κ2) is 4.62. The number of ether oxygens (including phenoxy) is 1. The first-order valence-corrected chi connectivity index (χ1v) is 4.24. The van der Waals surface area contributed by atoms with Gasteiger partial charge in [-0.15, -0.1) is 0 Å². The summed E-state index contributed by atoms with van der Waals surface area (Å²) in [5, 5.41) is 18.2. The smallest absolute Gasteiger partial charge is 0.342 e. The van der Waals surface area contributed by atoms with Gasteiger partial charge in [0, 0.05) is 0 Å². The van der Waals surface area contributed by atoms with Crippen LogP contribution in [0.15, 0.2) is 24.3 Å². The molecule has 0 spiro atoms. The molecule has 1 rings (SSSR count). The average molecular weight is 196 g/mol. The molecule has 0 amide bonds. The molecule has 0 saturated carbocycles. The van der Waals surface area contributed by atoms with Crippen molar-refractivity contribution in [2.45, 2.75) is 13.0 Å². The third kappa shape index (κ3) is 2.74. The highest BCUT2D eigenvalue weighted by Crippen LogP contribution is 2.16. The molecule has 0 saturated heterocycles. The minimum atomic E-state index is -0.704. The molecule has 0 aliphatic carbocycles. The van der Waals surface area contributed by atoms with E-state index in [9.17, 15) is 9.90 Å². The largest absolute Gasteiger partial charge is 0.507 e. The Hall–Kier alpha value is -1.55. The van der Waals surface area contributed by atoms with E-state index in [1.807, 2.05) is 0 Å². The third-order valence-corrected chi connectivity index (χ3v) is 1.58. The Morgan fingerprint density at radius 3 is 2.71 bits per heavy atom. The van der Waals surface area contributed by atoms with Gasteiger partial charge in [0.1, 0.15) is 17.9 Å². The van der Waals surface area contributed by atoms with Crippen LogP contribution in [0.4, 0.5) is 0 Å². The van der Waals surface area contributed by atoms with Gasteiger partial charge >= 0.3 is 5.97 Å². The minimum absolute atomic E-state index is 0.0762. The molecule has 4 heteroatoms. The highest BCUT2D eigenvalue weighted by atomic mass is 16.5. The number of carbonyl (C=O) groups is 1. The Morgan fingerprint density at radius 1 is 1.50 bits per heavy atom. The Kier molecular flexibility index (Phi) is 3.48. The van der Waals surface area contributed by atoms with Crippen molar-refractivity contribution < 1.29 is 19.7 Å². The molecule has 1 aromatic carbocycles. The monoisotopic (exact) mass is 196 g/mol. The van der Waals surface area contributed by atoms with Gasteiger partial charge in [-0.3, -0.25) is 0 Å². The quantitative estimate of drug-likeness (QED) is 0.706. The predicted molar refractivity (Wildman–Crippen MR) is 50.1 cm³/mol. The van der Waals surface area contributed by atoms with Gasteiger partial charge in [0.2, 0.25) is 0 Å². The van der Waals surface area contributed by atoms with E-state index in [1.165, 1.54) is 19.1 Å². The number of hydrogen-bond acceptors (Lipinski definition) is 4. The summed E-state index contributed by atoms with van der Waals surface area (Å²) in [6, 6.07) is 6.10. The van der Waals surface area contributed by atoms with Crippen LogP contribution in [-0.4, -0.2) is 28.9 Å². The lowest BCUT2D eigenvalue weighted by Gasteiger charge is -2.07. The van der Waals surface area contributed by atoms with Gasteiger partial charge in [-0.1, -0.05) is 12.1 Å². The number of aliphatic hydroxyl groups is 1. The van der Waals surface area contributed by atoms with E-state index in [4.69, 9.17) is 9.84 Å². The van der Waals surface area contributed by atoms with Gasteiger partial charge in [0.15, 0.2) is 0 Å². The second-order valence-corrected chi connectivity index (χ2v) is 2.96. The van der Waals surface area contributed by atoms with Crippen molar-refractivity contribution in [3.63, 3.8) is 0 Å². The van der Waals surface area contributed by atoms with Crippen molar-refractivity contribution >= 4 is 5.97 Å². The molecule has 0 aromatic heterocycles. The maximum absolute atomic E-state index is 11.3. The van der Waals surface area contributed by atoms with Crippen LogP contribution in [0.3, 0.4) is 0 Å². The standard InChI is InChI=1S/C10H12O4/c1-7(11)6-14-10(13)8-4-2-3-5-9(8)12/h2-5,7,11-12H,6H2,1H3/t7-/m1/s1. The van der Waals surface area contributed by atoms with E-state index in [0.717, 1.165) is 0 Å². The van der Waals surface area contributed by atoms with E-state index >= 15 is 0 Å². The van der Waals surface area contributed by atoms with Gasteiger partial charge in [0.05, 0.1) is 6.10 Å². The number of aromatic hydroxyl groups is 1. The molecular formula is C10H12O4. The number of para-hydroxylation sites is 1. The lowest BCUT2D eigenvalue weighted by molar-refractivity contribution is 0.0293. The maximum atomic E-state index is 11.3. The van der Waals surface area contributed by atoms with E-state index in [2.05, 4.69) is 0 Å². The normalized spacial score (nSPS) is 12.1. The van der Waals surface area contributed by atoms with Crippen LogP contribution in [0.2, 0.25) is 0 Å². The number of hydrogen-bond donors (Lipinski definition) is 2. The lowest BCUT2D eigenvalue weighted by atomic mass is 10.2. The number of phenols is 1. The molecule has 76 valence electrons. The topological polar surface area (TPSA) is 66.8 Å². The van der Waals surface area contributed by atoms with Crippen LogP contribution in [0, 0.1) is 0 Å². The van der Waals surface area contributed by atoms with E-state index in [0.29, 0.717) is 0 Å². The summed E-state index contributed by atoms with van der Waals surface area (Å²) in [5.41, 5.74) is 0.105. The van der Waals surface area contributed by atoms with Crippen LogP contribution in [0.25, 0.3) is 0 Å². The fourth-order valence-corrected chi connectivity index (χ4v) is 0.920. The minimum Gasteiger partial charge on any atom is -0.507 e. The van der Waals surface area contributed by atoms with E-state index < -0.39 is 12.1 Å². The van der Waals surface area contributed by atoms with Crippen molar-refractivity contribution in [3.8, 4) is 5.75 Å². The van der Waals surface area contributed by atoms with Crippen LogP contribution < -0.4 is 0 Å². The lowest BCUT2D eigenvalue weighted by Crippen LogP contribution is -2.15. The number of aliphatic hydroxyl groups excluding tert-OH is 1. The number of rotatable bonds is 3. The van der Waals surface area contributed by atoms with Crippen LogP contribution in [-0.2, 0) is 4.74 Å². The molecule has 0 radical (unpaired) electrons. The van der Waals surface area contributed by atoms with Crippen LogP contribution >= 0.6 is 0 Å². The molecule has 0 fully saturated rings. The van der Waals surface area contributed by atoms with Gasteiger partial charge in [-0.25, -0.2) is 4.79 Å².